The summed E-state index contributed by atoms with van der Waals surface area (Å²) in [5.41, 5.74) is 9.56. The third-order valence-electron chi connectivity index (χ3n) is 6.82. The molecule has 42 heavy (non-hydrogen) atoms. The average molecular weight is 565 g/mol. The van der Waals surface area contributed by atoms with Crippen LogP contribution in [-0.2, 0) is 14.1 Å². The summed E-state index contributed by atoms with van der Waals surface area (Å²) < 4.78 is 5.10. The van der Waals surface area contributed by atoms with E-state index in [1.165, 1.54) is 4.68 Å². The van der Waals surface area contributed by atoms with E-state index < -0.39 is 0 Å². The van der Waals surface area contributed by atoms with Crippen LogP contribution in [0, 0.1) is 0 Å². The van der Waals surface area contributed by atoms with Crippen molar-refractivity contribution in [2.75, 3.05) is 24.6 Å². The second kappa shape index (κ2) is 13.4. The van der Waals surface area contributed by atoms with Gasteiger partial charge in [-0.1, -0.05) is 54.6 Å². The Bertz CT molecular complexity index is 1780. The van der Waals surface area contributed by atoms with Crippen LogP contribution < -0.4 is 21.9 Å². The first kappa shape index (κ1) is 29.8. The highest BCUT2D eigenvalue weighted by Crippen LogP contribution is 2.24. The van der Waals surface area contributed by atoms with Gasteiger partial charge in [0.05, 0.1) is 11.6 Å². The fourth-order valence-electron chi connectivity index (χ4n) is 4.63. The van der Waals surface area contributed by atoms with Crippen LogP contribution in [0.5, 0.6) is 0 Å². The van der Waals surface area contributed by atoms with E-state index >= 15 is 0 Å². The Kier molecular flexibility index (Phi) is 9.51. The Balaban J connectivity index is 0.000000262. The van der Waals surface area contributed by atoms with E-state index in [4.69, 9.17) is 5.73 Å². The quantitative estimate of drug-likeness (QED) is 0.177. The summed E-state index contributed by atoms with van der Waals surface area (Å²) in [6, 6.07) is 17.9. The smallest absolute Gasteiger partial charge is 0.263 e. The second-order valence-electron chi connectivity index (χ2n) is 9.71. The third kappa shape index (κ3) is 6.39. The van der Waals surface area contributed by atoms with Gasteiger partial charge in [0.25, 0.3) is 5.56 Å². The number of hydrogen-bond acceptors (Lipinski definition) is 7. The van der Waals surface area contributed by atoms with Crippen LogP contribution in [0.2, 0.25) is 0 Å². The molecule has 3 heterocycles. The van der Waals surface area contributed by atoms with Crippen LogP contribution in [0.3, 0.4) is 0 Å². The molecule has 1 atom stereocenters. The molecule has 0 fully saturated rings. The van der Waals surface area contributed by atoms with Crippen LogP contribution in [0.1, 0.15) is 40.1 Å². The van der Waals surface area contributed by atoms with Crippen LogP contribution in [0.25, 0.3) is 28.6 Å². The number of anilines is 2. The maximum absolute atomic E-state index is 13.7. The van der Waals surface area contributed by atoms with Crippen molar-refractivity contribution in [2.45, 2.75) is 13.0 Å². The van der Waals surface area contributed by atoms with E-state index in [2.05, 4.69) is 40.4 Å². The highest BCUT2D eigenvalue weighted by Gasteiger charge is 2.16. The summed E-state index contributed by atoms with van der Waals surface area (Å²) in [6.07, 6.45) is 10.1. The van der Waals surface area contributed by atoms with E-state index in [-0.39, 0.29) is 17.4 Å². The van der Waals surface area contributed by atoms with Gasteiger partial charge in [-0.25, -0.2) is 0 Å². The van der Waals surface area contributed by atoms with Gasteiger partial charge in [0.2, 0.25) is 0 Å². The van der Waals surface area contributed by atoms with Crippen molar-refractivity contribution in [3.8, 4) is 5.69 Å². The van der Waals surface area contributed by atoms with E-state index in [9.17, 15) is 9.59 Å². The average Bonchev–Trinajstić information content (AvgIpc) is 3.54. The molecule has 1 unspecified atom stereocenters. The molecular formula is C32H36N8O2. The van der Waals surface area contributed by atoms with Gasteiger partial charge in [-0.15, -0.1) is 6.58 Å². The molecule has 3 aromatic heterocycles. The molecule has 0 amide bonds. The van der Waals surface area contributed by atoms with Gasteiger partial charge in [-0.2, -0.15) is 10.2 Å². The highest BCUT2D eigenvalue weighted by atomic mass is 16.1. The SMILES string of the molecule is C=CCNc1c(C=O)c(N)nn1C.CNC(C)c1cc2cccc(/C=C\c3cnn(C)c3)c2c(=O)n1-c1ccccc1. The Morgan fingerprint density at radius 2 is 1.86 bits per heavy atom. The lowest BCUT2D eigenvalue weighted by Gasteiger charge is -2.20. The number of aryl methyl sites for hydroxylation is 2. The molecule has 0 spiro atoms. The van der Waals surface area contributed by atoms with Crippen molar-refractivity contribution in [1.82, 2.24) is 29.4 Å². The van der Waals surface area contributed by atoms with Gasteiger partial charge in [-0.3, -0.25) is 23.5 Å². The van der Waals surface area contributed by atoms with Gasteiger partial charge < -0.3 is 16.4 Å². The standard InChI is InChI=1S/C24H24N4O.C8H12N4O/c1-17(25-2)22-14-20-9-7-8-19(13-12-18-15-26-27(3)16-18)23(20)24(29)28(22)21-10-5-4-6-11-21;1-3-4-10-8-6(5-13)7(9)11-12(8)2/h4-17,25H,1-3H3;3,5,10H,1,4H2,2H3,(H2,9,11)/b13-12-;. The molecule has 0 aliphatic heterocycles. The molecule has 0 aliphatic carbocycles. The monoisotopic (exact) mass is 564 g/mol. The lowest BCUT2D eigenvalue weighted by atomic mass is 10.0. The van der Waals surface area contributed by atoms with Crippen molar-refractivity contribution in [3.63, 3.8) is 0 Å². The van der Waals surface area contributed by atoms with Gasteiger partial charge >= 0.3 is 0 Å². The number of pyridine rings is 1. The normalized spacial score (nSPS) is 11.7. The largest absolute Gasteiger partial charge is 0.382 e. The fourth-order valence-corrected chi connectivity index (χ4v) is 4.63. The number of para-hydroxylation sites is 1. The first-order valence-corrected chi connectivity index (χ1v) is 13.5. The zero-order valence-electron chi connectivity index (χ0n) is 24.3. The number of carbonyl (C=O) groups excluding carboxylic acids is 1. The Hall–Kier alpha value is -5.22. The molecule has 216 valence electrons. The molecular weight excluding hydrogens is 528 g/mol. The van der Waals surface area contributed by atoms with Gasteiger partial charge in [0, 0.05) is 49.8 Å². The lowest BCUT2D eigenvalue weighted by molar-refractivity contribution is 0.112. The molecule has 0 aliphatic rings. The predicted molar refractivity (Wildman–Crippen MR) is 171 cm³/mol. The minimum atomic E-state index is -0.0164. The molecule has 10 nitrogen and oxygen atoms in total. The molecule has 5 aromatic rings. The third-order valence-corrected chi connectivity index (χ3v) is 6.82. The number of nitrogens with one attached hydrogen (secondary N) is 2. The van der Waals surface area contributed by atoms with E-state index in [1.807, 2.05) is 85.5 Å². The molecule has 0 saturated carbocycles. The number of benzene rings is 2. The van der Waals surface area contributed by atoms with Crippen LogP contribution in [0.4, 0.5) is 11.6 Å². The fraction of sp³-hybridized carbons (Fsp3) is 0.188. The van der Waals surface area contributed by atoms with Crippen LogP contribution in [-0.4, -0.2) is 44.0 Å². The Morgan fingerprint density at radius 3 is 2.50 bits per heavy atom. The van der Waals surface area contributed by atoms with Crippen molar-refractivity contribution < 1.29 is 4.79 Å². The molecule has 2 aromatic carbocycles. The lowest BCUT2D eigenvalue weighted by Crippen LogP contribution is -2.27. The zero-order valence-corrected chi connectivity index (χ0v) is 24.3. The Labute approximate surface area is 244 Å². The minimum absolute atomic E-state index is 0.0164. The van der Waals surface area contributed by atoms with Gasteiger partial charge in [0.15, 0.2) is 12.1 Å². The van der Waals surface area contributed by atoms with Crippen LogP contribution >= 0.6 is 0 Å². The van der Waals surface area contributed by atoms with Crippen LogP contribution in [0.15, 0.2) is 84.4 Å². The summed E-state index contributed by atoms with van der Waals surface area (Å²) in [6.45, 7) is 6.19. The zero-order chi connectivity index (χ0) is 30.2. The number of nitrogens with two attached hydrogens (primary N) is 1. The van der Waals surface area contributed by atoms with E-state index in [0.717, 1.165) is 27.9 Å². The summed E-state index contributed by atoms with van der Waals surface area (Å²) in [7, 11) is 5.51. The number of nitrogens with zero attached hydrogens (tertiary/aromatic N) is 5. The van der Waals surface area contributed by atoms with Gasteiger partial charge in [0.1, 0.15) is 11.4 Å². The Morgan fingerprint density at radius 1 is 1.10 bits per heavy atom. The molecule has 10 heteroatoms. The summed E-state index contributed by atoms with van der Waals surface area (Å²) >= 11 is 0. The van der Waals surface area contributed by atoms with Gasteiger partial charge in [-0.05, 0) is 43.1 Å². The first-order valence-electron chi connectivity index (χ1n) is 13.5. The number of nitrogen functional groups attached to an aromatic ring is 1. The summed E-state index contributed by atoms with van der Waals surface area (Å²) in [4.78, 5) is 24.3. The molecule has 4 N–H and O–H groups in total. The minimum Gasteiger partial charge on any atom is -0.382 e. The summed E-state index contributed by atoms with van der Waals surface area (Å²) in [5.74, 6) is 0.858. The maximum atomic E-state index is 13.7. The maximum Gasteiger partial charge on any atom is 0.263 e. The summed E-state index contributed by atoms with van der Waals surface area (Å²) in [5, 5.41) is 16.0. The van der Waals surface area contributed by atoms with E-state index in [0.29, 0.717) is 29.6 Å². The van der Waals surface area contributed by atoms with E-state index in [1.54, 1.807) is 24.0 Å². The topological polar surface area (TPSA) is 125 Å². The van der Waals surface area contributed by atoms with Crippen molar-refractivity contribution in [3.05, 3.63) is 112 Å². The number of rotatable bonds is 9. The van der Waals surface area contributed by atoms with Crippen molar-refractivity contribution in [1.29, 1.82) is 0 Å². The number of hydrogen-bond donors (Lipinski definition) is 3. The number of aldehydes is 1. The molecule has 0 radical (unpaired) electrons. The molecule has 0 bridgehead atoms. The molecule has 0 saturated heterocycles. The predicted octanol–water partition coefficient (Wildman–Crippen LogP) is 4.59. The molecule has 5 rings (SSSR count). The second-order valence-corrected chi connectivity index (χ2v) is 9.71. The van der Waals surface area contributed by atoms with Crippen molar-refractivity contribution >= 4 is 40.8 Å². The van der Waals surface area contributed by atoms with Crippen molar-refractivity contribution in [2.24, 2.45) is 14.1 Å². The number of carbonyl (C=O) groups is 1. The first-order chi connectivity index (χ1) is 20.3. The number of fused-ring (bicyclic) bond motifs is 1. The number of aromatic nitrogens is 5. The highest BCUT2D eigenvalue weighted by molar-refractivity contribution is 5.93.